The lowest BCUT2D eigenvalue weighted by atomic mass is 10.2. The van der Waals surface area contributed by atoms with Crippen LogP contribution < -0.4 is 10.6 Å². The van der Waals surface area contributed by atoms with Crippen molar-refractivity contribution in [3.8, 4) is 0 Å². The smallest absolute Gasteiger partial charge is 0.191 e. The maximum atomic E-state index is 5.83. The molecule has 18 heavy (non-hydrogen) atoms. The molecule has 0 spiro atoms. The molecule has 0 aliphatic carbocycles. The molecule has 0 aromatic heterocycles. The van der Waals surface area contributed by atoms with Gasteiger partial charge in [-0.1, -0.05) is 23.7 Å². The van der Waals surface area contributed by atoms with Gasteiger partial charge in [-0.25, -0.2) is 0 Å². The van der Waals surface area contributed by atoms with Crippen molar-refractivity contribution in [2.45, 2.75) is 6.54 Å². The summed E-state index contributed by atoms with van der Waals surface area (Å²) < 4.78 is 0. The predicted octanol–water partition coefficient (Wildman–Crippen LogP) is 2.99. The molecule has 2 N–H and O–H groups in total. The van der Waals surface area contributed by atoms with Crippen molar-refractivity contribution < 1.29 is 0 Å². The van der Waals surface area contributed by atoms with E-state index in [4.69, 9.17) is 11.6 Å². The molecule has 1 aromatic rings. The molecule has 1 rings (SSSR count). The molecule has 0 amide bonds. The standard InChI is InChI=1S/C12H18ClN3S.HI/c1-14-12(15-7-8-17-2)16-9-10-3-5-11(13)6-4-10;/h3-6H,7-9H2,1-2H3,(H2,14,15,16);1H. The molecule has 3 nitrogen and oxygen atoms in total. The lowest BCUT2D eigenvalue weighted by Gasteiger charge is -2.11. The van der Waals surface area contributed by atoms with E-state index in [1.807, 2.05) is 36.0 Å². The molecule has 0 aliphatic rings. The molecular formula is C12H19ClIN3S. The third-order valence-electron chi connectivity index (χ3n) is 2.20. The van der Waals surface area contributed by atoms with E-state index in [0.29, 0.717) is 0 Å². The van der Waals surface area contributed by atoms with Crippen LogP contribution in [0.25, 0.3) is 0 Å². The molecule has 0 heterocycles. The maximum absolute atomic E-state index is 5.83. The van der Waals surface area contributed by atoms with Gasteiger partial charge in [-0.3, -0.25) is 4.99 Å². The van der Waals surface area contributed by atoms with Crippen LogP contribution in [-0.2, 0) is 6.54 Å². The zero-order valence-electron chi connectivity index (χ0n) is 10.6. The Balaban J connectivity index is 0.00000289. The molecule has 0 saturated carbocycles. The minimum Gasteiger partial charge on any atom is -0.356 e. The third-order valence-corrected chi connectivity index (χ3v) is 3.06. The summed E-state index contributed by atoms with van der Waals surface area (Å²) in [5, 5.41) is 7.25. The van der Waals surface area contributed by atoms with Gasteiger partial charge < -0.3 is 10.6 Å². The summed E-state index contributed by atoms with van der Waals surface area (Å²) in [7, 11) is 1.77. The van der Waals surface area contributed by atoms with Gasteiger partial charge in [0.25, 0.3) is 0 Å². The third kappa shape index (κ3) is 7.33. The number of rotatable bonds is 5. The van der Waals surface area contributed by atoms with Gasteiger partial charge in [-0.05, 0) is 24.0 Å². The number of hydrogen-bond acceptors (Lipinski definition) is 2. The first-order valence-electron chi connectivity index (χ1n) is 5.44. The topological polar surface area (TPSA) is 36.4 Å². The molecule has 0 atom stereocenters. The van der Waals surface area contributed by atoms with Crippen LogP contribution in [0.15, 0.2) is 29.3 Å². The highest BCUT2D eigenvalue weighted by Gasteiger charge is 1.97. The van der Waals surface area contributed by atoms with Gasteiger partial charge in [0.15, 0.2) is 5.96 Å². The number of nitrogens with one attached hydrogen (secondary N) is 2. The second-order valence-corrected chi connectivity index (χ2v) is 4.89. The number of thioether (sulfide) groups is 1. The molecule has 6 heteroatoms. The predicted molar refractivity (Wildman–Crippen MR) is 93.5 cm³/mol. The normalized spacial score (nSPS) is 10.7. The monoisotopic (exact) mass is 399 g/mol. The Labute approximate surface area is 135 Å². The number of aliphatic imine (C=N–C) groups is 1. The largest absolute Gasteiger partial charge is 0.356 e. The highest BCUT2D eigenvalue weighted by molar-refractivity contribution is 14.0. The molecule has 0 fully saturated rings. The summed E-state index contributed by atoms with van der Waals surface area (Å²) >= 11 is 7.64. The SMILES string of the molecule is CN=C(NCCSC)NCc1ccc(Cl)cc1.I. The van der Waals surface area contributed by atoms with E-state index in [2.05, 4.69) is 21.9 Å². The molecule has 102 valence electrons. The van der Waals surface area contributed by atoms with Crippen molar-refractivity contribution in [3.05, 3.63) is 34.9 Å². The van der Waals surface area contributed by atoms with Crippen molar-refractivity contribution in [1.82, 2.24) is 10.6 Å². The zero-order valence-corrected chi connectivity index (χ0v) is 14.5. The van der Waals surface area contributed by atoms with Crippen LogP contribution in [0.2, 0.25) is 5.02 Å². The Morgan fingerprint density at radius 3 is 2.50 bits per heavy atom. The van der Waals surface area contributed by atoms with Crippen molar-refractivity contribution in [2.24, 2.45) is 4.99 Å². The highest BCUT2D eigenvalue weighted by atomic mass is 127. The van der Waals surface area contributed by atoms with Crippen LogP contribution in [0.3, 0.4) is 0 Å². The number of hydrogen-bond donors (Lipinski definition) is 2. The molecule has 0 aliphatic heterocycles. The number of halogens is 2. The van der Waals surface area contributed by atoms with Gasteiger partial charge in [0.05, 0.1) is 0 Å². The van der Waals surface area contributed by atoms with Gasteiger partial charge in [0.2, 0.25) is 0 Å². The molecular weight excluding hydrogens is 381 g/mol. The first kappa shape index (κ1) is 17.9. The molecule has 1 aromatic carbocycles. The van der Waals surface area contributed by atoms with Crippen molar-refractivity contribution in [2.75, 3.05) is 25.6 Å². The van der Waals surface area contributed by atoms with Crippen LogP contribution >= 0.6 is 47.3 Å². The second kappa shape index (κ2) is 10.8. The Bertz CT molecular complexity index is 357. The summed E-state index contributed by atoms with van der Waals surface area (Å²) in [6.07, 6.45) is 2.09. The van der Waals surface area contributed by atoms with E-state index < -0.39 is 0 Å². The first-order valence-corrected chi connectivity index (χ1v) is 7.21. The minimum absolute atomic E-state index is 0. The van der Waals surface area contributed by atoms with E-state index >= 15 is 0 Å². The quantitative estimate of drug-likeness (QED) is 0.346. The van der Waals surface area contributed by atoms with E-state index in [-0.39, 0.29) is 24.0 Å². The van der Waals surface area contributed by atoms with E-state index in [1.165, 1.54) is 5.56 Å². The minimum atomic E-state index is 0. The highest BCUT2D eigenvalue weighted by Crippen LogP contribution is 2.08. The number of nitrogens with zero attached hydrogens (tertiary/aromatic N) is 1. The van der Waals surface area contributed by atoms with Gasteiger partial charge in [0, 0.05) is 30.9 Å². The van der Waals surface area contributed by atoms with Gasteiger partial charge in [0.1, 0.15) is 0 Å². The first-order chi connectivity index (χ1) is 8.26. The summed E-state index contributed by atoms with van der Waals surface area (Å²) in [4.78, 5) is 4.15. The van der Waals surface area contributed by atoms with Gasteiger partial charge >= 0.3 is 0 Å². The van der Waals surface area contributed by atoms with Gasteiger partial charge in [-0.15, -0.1) is 24.0 Å². The van der Waals surface area contributed by atoms with Crippen LogP contribution in [-0.4, -0.2) is 31.6 Å². The van der Waals surface area contributed by atoms with Crippen LogP contribution in [0.5, 0.6) is 0 Å². The van der Waals surface area contributed by atoms with E-state index in [0.717, 1.165) is 29.8 Å². The number of guanidine groups is 1. The summed E-state index contributed by atoms with van der Waals surface area (Å²) in [5.74, 6) is 1.90. The average Bonchev–Trinajstić information content (AvgIpc) is 2.35. The zero-order chi connectivity index (χ0) is 12.5. The summed E-state index contributed by atoms with van der Waals surface area (Å²) in [6, 6.07) is 7.79. The summed E-state index contributed by atoms with van der Waals surface area (Å²) in [6.45, 7) is 1.66. The van der Waals surface area contributed by atoms with Crippen LogP contribution in [0.4, 0.5) is 0 Å². The average molecular weight is 400 g/mol. The molecule has 0 saturated heterocycles. The fraction of sp³-hybridized carbons (Fsp3) is 0.417. The Morgan fingerprint density at radius 1 is 1.28 bits per heavy atom. The fourth-order valence-electron chi connectivity index (χ4n) is 1.28. The molecule has 0 radical (unpaired) electrons. The second-order valence-electron chi connectivity index (χ2n) is 3.47. The Kier molecular flexibility index (Phi) is 10.7. The Morgan fingerprint density at radius 2 is 1.94 bits per heavy atom. The van der Waals surface area contributed by atoms with Crippen LogP contribution in [0.1, 0.15) is 5.56 Å². The van der Waals surface area contributed by atoms with Crippen LogP contribution in [0, 0.1) is 0 Å². The van der Waals surface area contributed by atoms with Crippen molar-refractivity contribution >= 4 is 53.3 Å². The number of benzene rings is 1. The van der Waals surface area contributed by atoms with Crippen molar-refractivity contribution in [1.29, 1.82) is 0 Å². The van der Waals surface area contributed by atoms with E-state index in [1.54, 1.807) is 7.05 Å². The Hall–Kier alpha value is -0.140. The maximum Gasteiger partial charge on any atom is 0.191 e. The lowest BCUT2D eigenvalue weighted by Crippen LogP contribution is -2.37. The van der Waals surface area contributed by atoms with E-state index in [9.17, 15) is 0 Å². The molecule has 0 bridgehead atoms. The summed E-state index contributed by atoms with van der Waals surface area (Å²) in [5.41, 5.74) is 1.18. The van der Waals surface area contributed by atoms with Gasteiger partial charge in [-0.2, -0.15) is 11.8 Å². The lowest BCUT2D eigenvalue weighted by molar-refractivity contribution is 0.833. The fourth-order valence-corrected chi connectivity index (χ4v) is 1.71. The van der Waals surface area contributed by atoms with Crippen molar-refractivity contribution in [3.63, 3.8) is 0 Å². The molecule has 0 unspecified atom stereocenters.